The SMILES string of the molecule is C.CCCCc1nc2c(N)nc3cccnc3c2n1CCCCCC(=O)c1ccccc1.O=C(O)c1ccccc1. The lowest BCUT2D eigenvalue weighted by Gasteiger charge is -2.10. The molecule has 8 nitrogen and oxygen atoms in total. The molecule has 2 aromatic carbocycles. The molecule has 0 fully saturated rings. The van der Waals surface area contributed by atoms with Crippen LogP contribution in [0, 0.1) is 0 Å². The first kappa shape index (κ1) is 30.9. The molecule has 3 aromatic heterocycles. The number of imidazole rings is 1. The van der Waals surface area contributed by atoms with Crippen LogP contribution in [0.15, 0.2) is 79.0 Å². The van der Waals surface area contributed by atoms with Crippen molar-refractivity contribution in [3.05, 3.63) is 95.9 Å². The average Bonchev–Trinajstić information content (AvgIpc) is 3.36. The quantitative estimate of drug-likeness (QED) is 0.129. The molecule has 0 saturated carbocycles. The molecule has 0 aliphatic rings. The molecule has 0 aliphatic carbocycles. The highest BCUT2D eigenvalue weighted by Crippen LogP contribution is 2.28. The minimum atomic E-state index is -0.879. The van der Waals surface area contributed by atoms with Gasteiger partial charge in [0.15, 0.2) is 11.6 Å². The topological polar surface area (TPSA) is 124 Å². The molecular weight excluding hydrogens is 514 g/mol. The van der Waals surface area contributed by atoms with Crippen molar-refractivity contribution in [2.75, 3.05) is 5.73 Å². The molecule has 0 spiro atoms. The summed E-state index contributed by atoms with van der Waals surface area (Å²) in [7, 11) is 0. The third kappa shape index (κ3) is 7.97. The lowest BCUT2D eigenvalue weighted by atomic mass is 10.0. The minimum Gasteiger partial charge on any atom is -0.478 e. The first-order valence-electron chi connectivity index (χ1n) is 13.8. The number of benzene rings is 2. The van der Waals surface area contributed by atoms with Crippen molar-refractivity contribution in [2.45, 2.75) is 65.8 Å². The summed E-state index contributed by atoms with van der Waals surface area (Å²) in [6, 6.07) is 21.6. The number of pyridine rings is 2. The van der Waals surface area contributed by atoms with Gasteiger partial charge in [-0.1, -0.05) is 75.7 Å². The van der Waals surface area contributed by atoms with Gasteiger partial charge in [0.25, 0.3) is 0 Å². The van der Waals surface area contributed by atoms with Crippen LogP contribution in [0.3, 0.4) is 0 Å². The zero-order valence-electron chi connectivity index (χ0n) is 22.8. The summed E-state index contributed by atoms with van der Waals surface area (Å²) in [6.45, 7) is 3.02. The molecular formula is C33H39N5O3. The maximum Gasteiger partial charge on any atom is 0.335 e. The van der Waals surface area contributed by atoms with Gasteiger partial charge in [0, 0.05) is 31.1 Å². The van der Waals surface area contributed by atoms with Gasteiger partial charge in [-0.2, -0.15) is 0 Å². The number of carboxylic acids is 1. The second kappa shape index (κ2) is 15.3. The van der Waals surface area contributed by atoms with Crippen LogP contribution >= 0.6 is 0 Å². The second-order valence-corrected chi connectivity index (χ2v) is 9.62. The van der Waals surface area contributed by atoms with E-state index in [1.165, 1.54) is 0 Å². The van der Waals surface area contributed by atoms with Gasteiger partial charge in [-0.25, -0.2) is 14.8 Å². The number of fused-ring (bicyclic) bond motifs is 3. The number of aromatic nitrogens is 4. The van der Waals surface area contributed by atoms with Crippen molar-refractivity contribution >= 4 is 39.6 Å². The van der Waals surface area contributed by atoms with E-state index >= 15 is 0 Å². The van der Waals surface area contributed by atoms with E-state index in [0.717, 1.165) is 78.5 Å². The Morgan fingerprint density at radius 1 is 0.829 bits per heavy atom. The zero-order chi connectivity index (χ0) is 28.3. The monoisotopic (exact) mass is 553 g/mol. The molecule has 0 atom stereocenters. The van der Waals surface area contributed by atoms with E-state index in [-0.39, 0.29) is 13.2 Å². The minimum absolute atomic E-state index is 0. The van der Waals surface area contributed by atoms with Crippen LogP contribution in [0.25, 0.3) is 22.1 Å². The molecule has 0 bridgehead atoms. The summed E-state index contributed by atoms with van der Waals surface area (Å²) < 4.78 is 2.28. The predicted octanol–water partition coefficient (Wildman–Crippen LogP) is 7.37. The third-order valence-corrected chi connectivity index (χ3v) is 6.70. The summed E-state index contributed by atoms with van der Waals surface area (Å²) in [5, 5.41) is 8.38. The number of carboxylic acid groups (broad SMARTS) is 1. The van der Waals surface area contributed by atoms with Crippen molar-refractivity contribution in [3.63, 3.8) is 0 Å². The van der Waals surface area contributed by atoms with E-state index < -0.39 is 5.97 Å². The number of nitrogens with zero attached hydrogens (tertiary/aromatic N) is 4. The lowest BCUT2D eigenvalue weighted by molar-refractivity contribution is 0.0696. The number of nitrogens with two attached hydrogens (primary N) is 1. The van der Waals surface area contributed by atoms with Crippen LogP contribution in [0.2, 0.25) is 0 Å². The number of hydrogen-bond acceptors (Lipinski definition) is 6. The van der Waals surface area contributed by atoms with Gasteiger partial charge < -0.3 is 15.4 Å². The fraction of sp³-hybridized carbons (Fsp3) is 0.303. The number of carbonyl (C=O) groups is 2. The molecule has 214 valence electrons. The normalized spacial score (nSPS) is 10.6. The number of ketones is 1. The lowest BCUT2D eigenvalue weighted by Crippen LogP contribution is -2.06. The smallest absolute Gasteiger partial charge is 0.335 e. The highest BCUT2D eigenvalue weighted by Gasteiger charge is 2.17. The van der Waals surface area contributed by atoms with Crippen molar-refractivity contribution in [3.8, 4) is 0 Å². The third-order valence-electron chi connectivity index (χ3n) is 6.70. The van der Waals surface area contributed by atoms with Gasteiger partial charge in [0.2, 0.25) is 0 Å². The van der Waals surface area contributed by atoms with Crippen LogP contribution in [0.5, 0.6) is 0 Å². The molecule has 0 saturated heterocycles. The number of aryl methyl sites for hydroxylation is 2. The number of nitrogen functional groups attached to an aromatic ring is 1. The van der Waals surface area contributed by atoms with Crippen molar-refractivity contribution in [2.24, 2.45) is 0 Å². The molecule has 41 heavy (non-hydrogen) atoms. The maximum atomic E-state index is 12.3. The summed E-state index contributed by atoms with van der Waals surface area (Å²) in [5.41, 5.74) is 10.7. The molecule has 5 rings (SSSR count). The summed E-state index contributed by atoms with van der Waals surface area (Å²) in [4.78, 5) is 36.5. The van der Waals surface area contributed by atoms with E-state index in [2.05, 4.69) is 21.5 Å². The van der Waals surface area contributed by atoms with Crippen LogP contribution < -0.4 is 5.73 Å². The summed E-state index contributed by atoms with van der Waals surface area (Å²) >= 11 is 0. The highest BCUT2D eigenvalue weighted by atomic mass is 16.4. The second-order valence-electron chi connectivity index (χ2n) is 9.62. The number of hydrogen-bond donors (Lipinski definition) is 2. The number of unbranched alkanes of at least 4 members (excludes halogenated alkanes) is 3. The van der Waals surface area contributed by atoms with Crippen LogP contribution in [0.4, 0.5) is 5.82 Å². The number of rotatable bonds is 11. The van der Waals surface area contributed by atoms with E-state index in [0.29, 0.717) is 17.8 Å². The van der Waals surface area contributed by atoms with Gasteiger partial charge in [-0.15, -0.1) is 0 Å². The number of anilines is 1. The fourth-order valence-electron chi connectivity index (χ4n) is 4.62. The zero-order valence-corrected chi connectivity index (χ0v) is 22.8. The summed E-state index contributed by atoms with van der Waals surface area (Å²) in [6.07, 6.45) is 8.31. The maximum absolute atomic E-state index is 12.3. The largest absolute Gasteiger partial charge is 0.478 e. The van der Waals surface area contributed by atoms with E-state index in [9.17, 15) is 9.59 Å². The summed E-state index contributed by atoms with van der Waals surface area (Å²) in [5.74, 6) is 0.839. The Hall–Kier alpha value is -4.59. The van der Waals surface area contributed by atoms with Gasteiger partial charge in [-0.3, -0.25) is 9.78 Å². The molecule has 8 heteroatoms. The Kier molecular flexibility index (Phi) is 11.5. The van der Waals surface area contributed by atoms with Crippen LogP contribution in [0.1, 0.15) is 79.4 Å². The molecule has 3 N–H and O–H groups in total. The average molecular weight is 554 g/mol. The molecule has 0 radical (unpaired) electrons. The molecule has 5 aromatic rings. The molecule has 3 heterocycles. The molecule has 0 aliphatic heterocycles. The molecule has 0 amide bonds. The Balaban J connectivity index is 0.000000396. The Morgan fingerprint density at radius 2 is 1.51 bits per heavy atom. The fourth-order valence-corrected chi connectivity index (χ4v) is 4.62. The molecule has 0 unspecified atom stereocenters. The van der Waals surface area contributed by atoms with Crippen molar-refractivity contribution in [1.82, 2.24) is 19.5 Å². The first-order valence-corrected chi connectivity index (χ1v) is 13.8. The number of Topliss-reactive ketones (excluding diaryl/α,β-unsaturated/α-hetero) is 1. The Bertz CT molecular complexity index is 1570. The van der Waals surface area contributed by atoms with Gasteiger partial charge in [0.05, 0.1) is 11.1 Å². The Labute approximate surface area is 241 Å². The van der Waals surface area contributed by atoms with Gasteiger partial charge in [0.1, 0.15) is 22.4 Å². The number of carbonyl (C=O) groups excluding carboxylic acids is 1. The first-order chi connectivity index (χ1) is 19.5. The van der Waals surface area contributed by atoms with Gasteiger partial charge in [-0.05, 0) is 43.5 Å². The van der Waals surface area contributed by atoms with E-state index in [1.54, 1.807) is 36.5 Å². The highest BCUT2D eigenvalue weighted by molar-refractivity contribution is 6.04. The van der Waals surface area contributed by atoms with Crippen LogP contribution in [-0.2, 0) is 13.0 Å². The van der Waals surface area contributed by atoms with E-state index in [4.69, 9.17) is 15.8 Å². The standard InChI is InChI=1S/C25H29N5O.C7H6O2.CH4/c1-2-3-15-21-29-23-24(22-19(28-25(23)26)13-10-16-27-22)30(21)17-9-5-8-14-20(31)18-11-6-4-7-12-18;8-7(9)6-4-2-1-3-5-6;/h4,6-7,10-13,16H,2-3,5,8-9,14-15,17H2,1H3,(H2,26,28);1-5H,(H,8,9);1H4. The predicted molar refractivity (Wildman–Crippen MR) is 165 cm³/mol. The van der Waals surface area contributed by atoms with E-state index in [1.807, 2.05) is 42.5 Å². The number of aromatic carboxylic acids is 1. The van der Waals surface area contributed by atoms with Crippen LogP contribution in [-0.4, -0.2) is 36.4 Å². The van der Waals surface area contributed by atoms with Crippen molar-refractivity contribution in [1.29, 1.82) is 0 Å². The van der Waals surface area contributed by atoms with Crippen molar-refractivity contribution < 1.29 is 14.7 Å². The van der Waals surface area contributed by atoms with Gasteiger partial charge >= 0.3 is 5.97 Å². The Morgan fingerprint density at radius 3 is 2.15 bits per heavy atom.